The summed E-state index contributed by atoms with van der Waals surface area (Å²) in [5, 5.41) is 9.83. The fourth-order valence-electron chi connectivity index (χ4n) is 3.70. The van der Waals surface area contributed by atoms with Crippen LogP contribution in [0.1, 0.15) is 99.6 Å². The summed E-state index contributed by atoms with van der Waals surface area (Å²) < 4.78 is 10.7. The Morgan fingerprint density at radius 1 is 1.00 bits per heavy atom. The van der Waals surface area contributed by atoms with Crippen molar-refractivity contribution in [3.63, 3.8) is 0 Å². The van der Waals surface area contributed by atoms with E-state index in [4.69, 9.17) is 9.47 Å². The number of carbonyl (C=O) groups excluding carboxylic acids is 3. The molecule has 1 aromatic rings. The lowest BCUT2D eigenvalue weighted by molar-refractivity contribution is -0.123. The Balaban J connectivity index is 1.58. The van der Waals surface area contributed by atoms with Gasteiger partial charge in [-0.05, 0) is 32.3 Å². The van der Waals surface area contributed by atoms with Gasteiger partial charge in [0, 0.05) is 30.9 Å². The van der Waals surface area contributed by atoms with Gasteiger partial charge in [-0.25, -0.2) is 4.79 Å². The molecule has 2 rings (SSSR count). The monoisotopic (exact) mass is 404 g/mol. The lowest BCUT2D eigenvalue weighted by Gasteiger charge is -2.11. The second-order valence-corrected chi connectivity index (χ2v) is 7.76. The molecule has 0 saturated heterocycles. The van der Waals surface area contributed by atoms with Crippen LogP contribution in [0.4, 0.5) is 0 Å². The average Bonchev–Trinajstić information content (AvgIpc) is 2.99. The molecule has 0 fully saturated rings. The van der Waals surface area contributed by atoms with E-state index in [9.17, 15) is 19.5 Å². The molecule has 6 heteroatoms. The predicted octanol–water partition coefficient (Wildman–Crippen LogP) is 5.06. The van der Waals surface area contributed by atoms with Gasteiger partial charge >= 0.3 is 5.97 Å². The summed E-state index contributed by atoms with van der Waals surface area (Å²) in [5.41, 5.74) is 1.13. The number of esters is 1. The van der Waals surface area contributed by atoms with Crippen LogP contribution in [-0.2, 0) is 14.3 Å². The van der Waals surface area contributed by atoms with Gasteiger partial charge in [0.15, 0.2) is 0 Å². The smallest absolute Gasteiger partial charge is 0.342 e. The van der Waals surface area contributed by atoms with Crippen molar-refractivity contribution < 1.29 is 29.0 Å². The van der Waals surface area contributed by atoms with E-state index < -0.39 is 0 Å². The summed E-state index contributed by atoms with van der Waals surface area (Å²) >= 11 is 0. The largest absolute Gasteiger partial charge is 0.508 e. The molecule has 29 heavy (non-hydrogen) atoms. The van der Waals surface area contributed by atoms with Crippen LogP contribution < -0.4 is 4.74 Å². The minimum absolute atomic E-state index is 0.0728. The number of fused-ring (bicyclic) bond motifs is 1. The topological polar surface area (TPSA) is 89.9 Å². The van der Waals surface area contributed by atoms with E-state index in [2.05, 4.69) is 0 Å². The zero-order valence-corrected chi connectivity index (χ0v) is 17.5. The van der Waals surface area contributed by atoms with Crippen molar-refractivity contribution in [2.24, 2.45) is 0 Å². The van der Waals surface area contributed by atoms with Crippen LogP contribution in [0.15, 0.2) is 12.1 Å². The standard InChI is InChI=1S/C23H32O6/c1-16(24)12-13-17(25)10-8-6-4-3-5-7-9-11-20-19-14-18(26)15-21(28-2)22(19)23(27)29-20/h14-15,20,26H,3-13H2,1-2H3. The summed E-state index contributed by atoms with van der Waals surface area (Å²) in [6.07, 6.45) is 9.01. The predicted molar refractivity (Wildman–Crippen MR) is 109 cm³/mol. The summed E-state index contributed by atoms with van der Waals surface area (Å²) in [6.45, 7) is 1.52. The minimum Gasteiger partial charge on any atom is -0.508 e. The Kier molecular flexibility index (Phi) is 9.16. The van der Waals surface area contributed by atoms with Crippen LogP contribution in [0.5, 0.6) is 11.5 Å². The number of phenols is 1. The number of rotatable bonds is 14. The highest BCUT2D eigenvalue weighted by atomic mass is 16.6. The molecule has 6 nitrogen and oxygen atoms in total. The van der Waals surface area contributed by atoms with Crippen molar-refractivity contribution in [3.8, 4) is 11.5 Å². The van der Waals surface area contributed by atoms with E-state index in [0.29, 0.717) is 36.1 Å². The lowest BCUT2D eigenvalue weighted by atomic mass is 9.98. The van der Waals surface area contributed by atoms with Gasteiger partial charge < -0.3 is 19.4 Å². The number of phenolic OH excluding ortho intramolecular Hbond substituents is 1. The summed E-state index contributed by atoms with van der Waals surface area (Å²) in [5.74, 6) is 0.301. The van der Waals surface area contributed by atoms with Crippen molar-refractivity contribution >= 4 is 17.5 Å². The van der Waals surface area contributed by atoms with Crippen LogP contribution in [-0.4, -0.2) is 29.8 Å². The Hall–Kier alpha value is -2.37. The van der Waals surface area contributed by atoms with Crippen molar-refractivity contribution in [2.45, 2.75) is 83.7 Å². The Morgan fingerprint density at radius 2 is 1.66 bits per heavy atom. The minimum atomic E-state index is -0.389. The number of cyclic esters (lactones) is 1. The highest BCUT2D eigenvalue weighted by Gasteiger charge is 2.34. The zero-order valence-electron chi connectivity index (χ0n) is 17.5. The van der Waals surface area contributed by atoms with Gasteiger partial charge in [0.2, 0.25) is 0 Å². The van der Waals surface area contributed by atoms with E-state index in [1.54, 1.807) is 6.07 Å². The van der Waals surface area contributed by atoms with Gasteiger partial charge in [-0.1, -0.05) is 32.1 Å². The number of ether oxygens (including phenoxy) is 2. The maximum atomic E-state index is 12.1. The number of aromatic hydroxyl groups is 1. The molecule has 1 N–H and O–H groups in total. The number of carbonyl (C=O) groups is 3. The van der Waals surface area contributed by atoms with Crippen LogP contribution in [0.3, 0.4) is 0 Å². The van der Waals surface area contributed by atoms with Crippen molar-refractivity contribution in [1.29, 1.82) is 0 Å². The fraction of sp³-hybridized carbons (Fsp3) is 0.609. The van der Waals surface area contributed by atoms with Gasteiger partial charge in [-0.2, -0.15) is 0 Å². The molecule has 0 bridgehead atoms. The van der Waals surface area contributed by atoms with Crippen LogP contribution in [0.2, 0.25) is 0 Å². The van der Waals surface area contributed by atoms with E-state index in [1.165, 1.54) is 20.1 Å². The maximum Gasteiger partial charge on any atom is 0.342 e. The third kappa shape index (κ3) is 7.18. The lowest BCUT2D eigenvalue weighted by Crippen LogP contribution is -2.01. The Labute approximate surface area is 172 Å². The third-order valence-corrected chi connectivity index (χ3v) is 5.32. The molecule has 0 spiro atoms. The first-order valence-electron chi connectivity index (χ1n) is 10.6. The first-order valence-corrected chi connectivity index (χ1v) is 10.6. The highest BCUT2D eigenvalue weighted by Crippen LogP contribution is 2.41. The molecule has 1 aliphatic heterocycles. The fourth-order valence-corrected chi connectivity index (χ4v) is 3.70. The third-order valence-electron chi connectivity index (χ3n) is 5.32. The number of hydrogen-bond donors (Lipinski definition) is 1. The van der Waals surface area contributed by atoms with E-state index in [1.807, 2.05) is 0 Å². The molecule has 0 saturated carbocycles. The molecule has 160 valence electrons. The summed E-state index contributed by atoms with van der Waals surface area (Å²) in [7, 11) is 1.47. The molecule has 0 amide bonds. The number of ketones is 2. The van der Waals surface area contributed by atoms with Crippen LogP contribution >= 0.6 is 0 Å². The van der Waals surface area contributed by atoms with Gasteiger partial charge in [0.05, 0.1) is 7.11 Å². The van der Waals surface area contributed by atoms with Crippen LogP contribution in [0, 0.1) is 0 Å². The average molecular weight is 405 g/mol. The molecular weight excluding hydrogens is 372 g/mol. The zero-order chi connectivity index (χ0) is 21.2. The highest BCUT2D eigenvalue weighted by molar-refractivity contribution is 5.97. The maximum absolute atomic E-state index is 12.1. The Morgan fingerprint density at radius 3 is 2.31 bits per heavy atom. The van der Waals surface area contributed by atoms with Crippen molar-refractivity contribution in [2.75, 3.05) is 7.11 Å². The molecule has 1 aromatic carbocycles. The quantitative estimate of drug-likeness (QED) is 0.344. The summed E-state index contributed by atoms with van der Waals surface area (Å²) in [4.78, 5) is 34.6. The molecule has 0 aromatic heterocycles. The molecular formula is C23H32O6. The summed E-state index contributed by atoms with van der Waals surface area (Å²) in [6, 6.07) is 3.02. The van der Waals surface area contributed by atoms with E-state index in [-0.39, 0.29) is 29.4 Å². The number of unbranched alkanes of at least 4 members (excludes halogenated alkanes) is 6. The van der Waals surface area contributed by atoms with Gasteiger partial charge in [-0.3, -0.25) is 4.79 Å². The van der Waals surface area contributed by atoms with Gasteiger partial charge in [-0.15, -0.1) is 0 Å². The van der Waals surface area contributed by atoms with E-state index >= 15 is 0 Å². The first-order chi connectivity index (χ1) is 13.9. The van der Waals surface area contributed by atoms with Crippen LogP contribution in [0.25, 0.3) is 0 Å². The number of hydrogen-bond acceptors (Lipinski definition) is 6. The molecule has 0 radical (unpaired) electrons. The molecule has 0 aliphatic carbocycles. The normalized spacial score (nSPS) is 15.1. The molecule has 1 atom stereocenters. The van der Waals surface area contributed by atoms with Gasteiger partial charge in [0.1, 0.15) is 34.7 Å². The Bertz CT molecular complexity index is 724. The first kappa shape index (κ1) is 22.9. The molecule has 1 aliphatic rings. The van der Waals surface area contributed by atoms with Gasteiger partial charge in [0.25, 0.3) is 0 Å². The SMILES string of the molecule is COc1cc(O)cc2c1C(=O)OC2CCCCCCCCCC(=O)CCC(C)=O. The van der Waals surface area contributed by atoms with Crippen molar-refractivity contribution in [1.82, 2.24) is 0 Å². The molecule has 1 unspecified atom stereocenters. The van der Waals surface area contributed by atoms with E-state index in [0.717, 1.165) is 51.4 Å². The second-order valence-electron chi connectivity index (χ2n) is 7.76. The van der Waals surface area contributed by atoms with Crippen molar-refractivity contribution in [3.05, 3.63) is 23.3 Å². The second kappa shape index (κ2) is 11.6. The molecule has 1 heterocycles. The number of Topliss-reactive ketones (excluding diaryl/α,β-unsaturated/α-hetero) is 2. The number of methoxy groups -OCH3 is 1. The number of benzene rings is 1.